The van der Waals surface area contributed by atoms with Gasteiger partial charge in [0.25, 0.3) is 0 Å². The van der Waals surface area contributed by atoms with E-state index in [-0.39, 0.29) is 24.4 Å². The van der Waals surface area contributed by atoms with Crippen LogP contribution in [0.3, 0.4) is 0 Å². The monoisotopic (exact) mass is 476 g/mol. The zero-order chi connectivity index (χ0) is 24.5. The summed E-state index contributed by atoms with van der Waals surface area (Å²) in [5, 5.41) is 23.2. The molecule has 2 N–H and O–H groups in total. The number of hydrogen-bond acceptors (Lipinski definition) is 9. The highest BCUT2D eigenvalue weighted by Gasteiger charge is 2.24. The molecule has 5 rings (SSSR count). The molecular weight excluding hydrogens is 448 g/mol. The summed E-state index contributed by atoms with van der Waals surface area (Å²) in [6.45, 7) is 8.24. The number of nitrogens with zero attached hydrogens (tertiary/aromatic N) is 7. The molecule has 4 aromatic rings. The van der Waals surface area contributed by atoms with Crippen LogP contribution in [0.25, 0.3) is 22.4 Å². The summed E-state index contributed by atoms with van der Waals surface area (Å²) in [5.74, 6) is 2.07. The van der Waals surface area contributed by atoms with Gasteiger partial charge in [0.1, 0.15) is 11.3 Å². The number of aromatic nitrogens is 5. The summed E-state index contributed by atoms with van der Waals surface area (Å²) in [4.78, 5) is 25.0. The molecule has 3 aromatic heterocycles. The van der Waals surface area contributed by atoms with Crippen LogP contribution in [-0.2, 0) is 11.3 Å². The topological polar surface area (TPSA) is 125 Å². The van der Waals surface area contributed by atoms with Crippen molar-refractivity contribution in [2.24, 2.45) is 0 Å². The maximum atomic E-state index is 11.7. The average molecular weight is 477 g/mol. The standard InChI is InChI=1S/C24H28N8O3/c1-15(2)32-14-18-20(23(32)34)26-24(31-11-9-30(10-12-31)16(3)33)27-21(18)25-13-19-28-29-22(35-19)17-7-5-4-6-8-17/h4-8,14-15,34H,9-13H2,1-3H3,(H,25,26,27). The third-order valence-electron chi connectivity index (χ3n) is 6.12. The number of nitrogens with one attached hydrogen (secondary N) is 1. The van der Waals surface area contributed by atoms with Crippen molar-refractivity contribution in [1.29, 1.82) is 0 Å². The van der Waals surface area contributed by atoms with Crippen LogP contribution in [0.2, 0.25) is 0 Å². The fourth-order valence-electron chi connectivity index (χ4n) is 4.15. The minimum atomic E-state index is 0.0454. The molecule has 1 aromatic carbocycles. The van der Waals surface area contributed by atoms with Crippen LogP contribution in [0.15, 0.2) is 40.9 Å². The summed E-state index contributed by atoms with van der Waals surface area (Å²) >= 11 is 0. The number of rotatable bonds is 6. The SMILES string of the molecule is CC(=O)N1CCN(c2nc(NCc3nnc(-c4ccccc4)o3)c3cn(C(C)C)c(O)c3n2)CC1. The molecule has 0 unspecified atom stereocenters. The molecule has 0 saturated carbocycles. The Kier molecular flexibility index (Phi) is 5.98. The Bertz CT molecular complexity index is 1340. The van der Waals surface area contributed by atoms with Gasteiger partial charge >= 0.3 is 0 Å². The van der Waals surface area contributed by atoms with Crippen LogP contribution >= 0.6 is 0 Å². The summed E-state index contributed by atoms with van der Waals surface area (Å²) in [6, 6.07) is 9.63. The smallest absolute Gasteiger partial charge is 0.247 e. The van der Waals surface area contributed by atoms with Crippen LogP contribution in [0.4, 0.5) is 11.8 Å². The second-order valence-electron chi connectivity index (χ2n) is 8.80. The third-order valence-corrected chi connectivity index (χ3v) is 6.12. The predicted octanol–water partition coefficient (Wildman–Crippen LogP) is 3.05. The lowest BCUT2D eigenvalue weighted by Gasteiger charge is -2.34. The molecule has 4 heterocycles. The van der Waals surface area contributed by atoms with E-state index in [2.05, 4.69) is 20.5 Å². The van der Waals surface area contributed by atoms with E-state index in [1.807, 2.05) is 55.3 Å². The van der Waals surface area contributed by atoms with Gasteiger partial charge in [-0.2, -0.15) is 4.98 Å². The Morgan fingerprint density at radius 2 is 1.86 bits per heavy atom. The second kappa shape index (κ2) is 9.24. The summed E-state index contributed by atoms with van der Waals surface area (Å²) in [6.07, 6.45) is 1.85. The molecule has 1 fully saturated rings. The van der Waals surface area contributed by atoms with Crippen LogP contribution in [0.5, 0.6) is 5.88 Å². The minimum absolute atomic E-state index is 0.0454. The van der Waals surface area contributed by atoms with Crippen LogP contribution in [-0.4, -0.2) is 66.8 Å². The van der Waals surface area contributed by atoms with Gasteiger partial charge in [-0.15, -0.1) is 10.2 Å². The van der Waals surface area contributed by atoms with Gasteiger partial charge in [-0.05, 0) is 26.0 Å². The maximum absolute atomic E-state index is 11.7. The lowest BCUT2D eigenvalue weighted by molar-refractivity contribution is -0.129. The average Bonchev–Trinajstić information content (AvgIpc) is 3.48. The van der Waals surface area contributed by atoms with Crippen LogP contribution in [0, 0.1) is 0 Å². The first-order valence-electron chi connectivity index (χ1n) is 11.6. The molecule has 1 aliphatic heterocycles. The first-order valence-corrected chi connectivity index (χ1v) is 11.6. The van der Waals surface area contributed by atoms with E-state index in [0.717, 1.165) is 5.56 Å². The molecule has 0 radical (unpaired) electrons. The number of amides is 1. The fraction of sp³-hybridized carbons (Fsp3) is 0.375. The van der Waals surface area contributed by atoms with Gasteiger partial charge in [-0.1, -0.05) is 18.2 Å². The van der Waals surface area contributed by atoms with Gasteiger partial charge in [0.15, 0.2) is 0 Å². The van der Waals surface area contributed by atoms with Gasteiger partial charge in [-0.3, -0.25) is 4.79 Å². The highest BCUT2D eigenvalue weighted by molar-refractivity contribution is 5.94. The first-order chi connectivity index (χ1) is 16.9. The molecule has 11 heteroatoms. The fourth-order valence-corrected chi connectivity index (χ4v) is 4.15. The van der Waals surface area contributed by atoms with Gasteiger partial charge in [0, 0.05) is 50.9 Å². The molecule has 182 valence electrons. The third kappa shape index (κ3) is 4.48. The lowest BCUT2D eigenvalue weighted by atomic mass is 10.2. The van der Waals surface area contributed by atoms with E-state index >= 15 is 0 Å². The number of carbonyl (C=O) groups is 1. The number of piperazine rings is 1. The molecular formula is C24H28N8O3. The number of aromatic hydroxyl groups is 1. The number of fused-ring (bicyclic) bond motifs is 1. The molecule has 1 aliphatic rings. The van der Waals surface area contributed by atoms with Crippen molar-refractivity contribution in [3.05, 3.63) is 42.4 Å². The lowest BCUT2D eigenvalue weighted by Crippen LogP contribution is -2.48. The van der Waals surface area contributed by atoms with Crippen molar-refractivity contribution >= 4 is 28.6 Å². The molecule has 1 amide bonds. The van der Waals surface area contributed by atoms with Crippen LogP contribution < -0.4 is 10.2 Å². The number of carbonyl (C=O) groups excluding carboxylic acids is 1. The predicted molar refractivity (Wildman–Crippen MR) is 131 cm³/mol. The van der Waals surface area contributed by atoms with E-state index in [0.29, 0.717) is 60.6 Å². The van der Waals surface area contributed by atoms with Crippen molar-refractivity contribution in [3.63, 3.8) is 0 Å². The molecule has 35 heavy (non-hydrogen) atoms. The molecule has 0 aliphatic carbocycles. The summed E-state index contributed by atoms with van der Waals surface area (Å²) < 4.78 is 7.59. The van der Waals surface area contributed by atoms with Crippen molar-refractivity contribution in [1.82, 2.24) is 29.6 Å². The second-order valence-corrected chi connectivity index (χ2v) is 8.80. The Labute approximate surface area is 202 Å². The Hall–Kier alpha value is -4.15. The Morgan fingerprint density at radius 3 is 2.54 bits per heavy atom. The normalized spacial score (nSPS) is 14.2. The van der Waals surface area contributed by atoms with Gasteiger partial charge in [-0.25, -0.2) is 4.98 Å². The van der Waals surface area contributed by atoms with Gasteiger partial charge in [0.05, 0.1) is 11.9 Å². The van der Waals surface area contributed by atoms with Gasteiger partial charge < -0.3 is 29.2 Å². The number of benzene rings is 1. The maximum Gasteiger partial charge on any atom is 0.247 e. The highest BCUT2D eigenvalue weighted by atomic mass is 16.4. The molecule has 11 nitrogen and oxygen atoms in total. The minimum Gasteiger partial charge on any atom is -0.493 e. The highest BCUT2D eigenvalue weighted by Crippen LogP contribution is 2.34. The summed E-state index contributed by atoms with van der Waals surface area (Å²) in [7, 11) is 0. The Balaban J connectivity index is 1.44. The van der Waals surface area contributed by atoms with E-state index in [1.54, 1.807) is 16.4 Å². The summed E-state index contributed by atoms with van der Waals surface area (Å²) in [5.41, 5.74) is 1.32. The quantitative estimate of drug-likeness (QED) is 0.432. The molecule has 0 atom stereocenters. The first kappa shape index (κ1) is 22.6. The van der Waals surface area contributed by atoms with Crippen molar-refractivity contribution < 1.29 is 14.3 Å². The molecule has 0 spiro atoms. The molecule has 0 bridgehead atoms. The van der Waals surface area contributed by atoms with E-state index in [1.165, 1.54) is 0 Å². The largest absolute Gasteiger partial charge is 0.493 e. The van der Waals surface area contributed by atoms with E-state index in [4.69, 9.17) is 9.40 Å². The van der Waals surface area contributed by atoms with Crippen LogP contribution in [0.1, 0.15) is 32.7 Å². The van der Waals surface area contributed by atoms with Gasteiger partial charge in [0.2, 0.25) is 29.5 Å². The number of hydrogen-bond donors (Lipinski definition) is 2. The van der Waals surface area contributed by atoms with Crippen molar-refractivity contribution in [3.8, 4) is 17.3 Å². The number of anilines is 2. The zero-order valence-corrected chi connectivity index (χ0v) is 20.0. The Morgan fingerprint density at radius 1 is 1.11 bits per heavy atom. The van der Waals surface area contributed by atoms with Crippen molar-refractivity contribution in [2.75, 3.05) is 36.4 Å². The van der Waals surface area contributed by atoms with E-state index in [9.17, 15) is 9.90 Å². The zero-order valence-electron chi connectivity index (χ0n) is 20.0. The van der Waals surface area contributed by atoms with Crippen molar-refractivity contribution in [2.45, 2.75) is 33.4 Å². The van der Waals surface area contributed by atoms with E-state index < -0.39 is 0 Å². The molecule has 1 saturated heterocycles.